The van der Waals surface area contributed by atoms with Crippen molar-refractivity contribution < 1.29 is 9.90 Å². The largest absolute Gasteiger partial charge is 0.476 e. The predicted molar refractivity (Wildman–Crippen MR) is 125 cm³/mol. The molecule has 1 N–H and O–H groups in total. The van der Waals surface area contributed by atoms with E-state index < -0.39 is 5.97 Å². The molecule has 1 aliphatic carbocycles. The van der Waals surface area contributed by atoms with Crippen molar-refractivity contribution in [3.05, 3.63) is 101 Å². The highest BCUT2D eigenvalue weighted by Gasteiger charge is 2.25. The van der Waals surface area contributed by atoms with Crippen molar-refractivity contribution in [1.29, 1.82) is 0 Å². The van der Waals surface area contributed by atoms with Gasteiger partial charge >= 0.3 is 5.97 Å². The van der Waals surface area contributed by atoms with E-state index in [2.05, 4.69) is 59.6 Å². The highest BCUT2D eigenvalue weighted by atomic mass is 16.4. The molecule has 3 nitrogen and oxygen atoms in total. The van der Waals surface area contributed by atoms with E-state index in [9.17, 15) is 9.90 Å². The minimum Gasteiger partial charge on any atom is -0.476 e. The number of carboxylic acids is 1. The second-order valence-electron chi connectivity index (χ2n) is 8.45. The van der Waals surface area contributed by atoms with E-state index in [0.29, 0.717) is 5.39 Å². The second-order valence-corrected chi connectivity index (χ2v) is 8.45. The fraction of sp³-hybridized carbons (Fsp3) is 0.143. The third-order valence-electron chi connectivity index (χ3n) is 6.73. The van der Waals surface area contributed by atoms with Gasteiger partial charge in [0.2, 0.25) is 0 Å². The lowest BCUT2D eigenvalue weighted by atomic mass is 9.79. The van der Waals surface area contributed by atoms with E-state index in [1.165, 1.54) is 32.7 Å². The summed E-state index contributed by atoms with van der Waals surface area (Å²) < 4.78 is 0. The average Bonchev–Trinajstić information content (AvgIpc) is 2.82. The Morgan fingerprint density at radius 3 is 2.39 bits per heavy atom. The molecule has 0 amide bonds. The van der Waals surface area contributed by atoms with Crippen LogP contribution in [-0.4, -0.2) is 16.1 Å². The molecule has 0 saturated heterocycles. The minimum absolute atomic E-state index is 0.155. The average molecular weight is 403 g/mol. The maximum atomic E-state index is 11.9. The number of carbonyl (C=O) groups is 1. The number of aromatic nitrogens is 1. The van der Waals surface area contributed by atoms with Gasteiger partial charge in [-0.15, -0.1) is 0 Å². The number of hydrogen-bond acceptors (Lipinski definition) is 2. The van der Waals surface area contributed by atoms with Gasteiger partial charge in [0.05, 0.1) is 0 Å². The number of benzene rings is 4. The highest BCUT2D eigenvalue weighted by Crippen LogP contribution is 2.38. The molecule has 5 aromatic rings. The van der Waals surface area contributed by atoms with Crippen LogP contribution >= 0.6 is 0 Å². The van der Waals surface area contributed by atoms with E-state index in [4.69, 9.17) is 0 Å². The third-order valence-corrected chi connectivity index (χ3v) is 6.73. The van der Waals surface area contributed by atoms with Crippen LogP contribution in [0.5, 0.6) is 0 Å². The smallest absolute Gasteiger partial charge is 0.355 e. The summed E-state index contributed by atoms with van der Waals surface area (Å²) in [6.07, 6.45) is 2.85. The zero-order chi connectivity index (χ0) is 20.9. The molecule has 3 heteroatoms. The van der Waals surface area contributed by atoms with Crippen LogP contribution in [0, 0.1) is 0 Å². The number of hydrogen-bond donors (Lipinski definition) is 1. The van der Waals surface area contributed by atoms with Gasteiger partial charge in [0, 0.05) is 17.0 Å². The molecule has 31 heavy (non-hydrogen) atoms. The van der Waals surface area contributed by atoms with Crippen molar-refractivity contribution in [3.63, 3.8) is 0 Å². The van der Waals surface area contributed by atoms with Gasteiger partial charge in [-0.05, 0) is 63.4 Å². The fourth-order valence-corrected chi connectivity index (χ4v) is 5.19. The molecule has 0 radical (unpaired) electrons. The number of carboxylic acid groups (broad SMARTS) is 1. The van der Waals surface area contributed by atoms with Crippen LogP contribution < -0.4 is 0 Å². The molecule has 150 valence electrons. The van der Waals surface area contributed by atoms with Gasteiger partial charge < -0.3 is 5.11 Å². The van der Waals surface area contributed by atoms with Gasteiger partial charge in [-0.25, -0.2) is 9.78 Å². The number of nitrogens with zero attached hydrogens (tertiary/aromatic N) is 1. The molecule has 0 unspecified atom stereocenters. The Bertz CT molecular complexity index is 1500. The number of rotatable bonds is 2. The Morgan fingerprint density at radius 2 is 1.55 bits per heavy atom. The first kappa shape index (κ1) is 18.1. The zero-order valence-electron chi connectivity index (χ0n) is 17.0. The van der Waals surface area contributed by atoms with Crippen LogP contribution in [0.2, 0.25) is 0 Å². The van der Waals surface area contributed by atoms with Gasteiger partial charge in [0.25, 0.3) is 0 Å². The first-order chi connectivity index (χ1) is 15.2. The summed E-state index contributed by atoms with van der Waals surface area (Å²) in [5, 5.41) is 16.5. The Balaban J connectivity index is 1.49. The minimum atomic E-state index is -0.967. The fourth-order valence-electron chi connectivity index (χ4n) is 5.19. The zero-order valence-corrected chi connectivity index (χ0v) is 17.0. The number of aromatic carboxylic acids is 1. The van der Waals surface area contributed by atoms with Crippen molar-refractivity contribution in [2.45, 2.75) is 25.2 Å². The van der Waals surface area contributed by atoms with Gasteiger partial charge in [0.1, 0.15) is 0 Å². The van der Waals surface area contributed by atoms with Crippen LogP contribution in [-0.2, 0) is 12.8 Å². The SMILES string of the molecule is O=C(O)c1nc([C@@H]2CCc3ccc4c(ccc5ccccc54)c3C2)cc2ccccc12. The lowest BCUT2D eigenvalue weighted by molar-refractivity contribution is 0.0692. The van der Waals surface area contributed by atoms with Gasteiger partial charge in [-0.3, -0.25) is 0 Å². The summed E-state index contributed by atoms with van der Waals surface area (Å²) in [5.74, 6) is -0.751. The van der Waals surface area contributed by atoms with Crippen molar-refractivity contribution in [1.82, 2.24) is 4.98 Å². The van der Waals surface area contributed by atoms with Crippen LogP contribution in [0.4, 0.5) is 0 Å². The van der Waals surface area contributed by atoms with E-state index in [0.717, 1.165) is 30.3 Å². The topological polar surface area (TPSA) is 50.2 Å². The quantitative estimate of drug-likeness (QED) is 0.342. The molecule has 0 saturated carbocycles. The Hall–Kier alpha value is -3.72. The normalized spacial score (nSPS) is 15.9. The summed E-state index contributed by atoms with van der Waals surface area (Å²) in [7, 11) is 0. The number of pyridine rings is 1. The summed E-state index contributed by atoms with van der Waals surface area (Å²) in [4.78, 5) is 16.5. The van der Waals surface area contributed by atoms with E-state index in [1.54, 1.807) is 0 Å². The predicted octanol–water partition coefficient (Wildman–Crippen LogP) is 6.51. The van der Waals surface area contributed by atoms with Gasteiger partial charge in [-0.1, -0.05) is 72.8 Å². The summed E-state index contributed by atoms with van der Waals surface area (Å²) in [6, 6.07) is 27.2. The van der Waals surface area contributed by atoms with E-state index >= 15 is 0 Å². The van der Waals surface area contributed by atoms with E-state index in [1.807, 2.05) is 24.3 Å². The third kappa shape index (κ3) is 2.89. The van der Waals surface area contributed by atoms with E-state index in [-0.39, 0.29) is 11.6 Å². The summed E-state index contributed by atoms with van der Waals surface area (Å²) in [5.41, 5.74) is 3.83. The molecule has 0 spiro atoms. The highest BCUT2D eigenvalue weighted by molar-refractivity contribution is 6.08. The van der Waals surface area contributed by atoms with Crippen molar-refractivity contribution in [3.8, 4) is 0 Å². The standard InChI is InChI=1S/C28H21NO2/c30-28(31)27-22-8-4-2-6-19(22)16-26(29-27)20-10-9-18-12-13-23-21-7-3-1-5-17(21)11-14-24(23)25(18)15-20/h1-8,11-14,16,20H,9-10,15H2,(H,30,31)/t20-/m1/s1. The lowest BCUT2D eigenvalue weighted by Gasteiger charge is -2.26. The van der Waals surface area contributed by atoms with Crippen LogP contribution in [0.1, 0.15) is 39.6 Å². The Morgan fingerprint density at radius 1 is 0.806 bits per heavy atom. The first-order valence-corrected chi connectivity index (χ1v) is 10.7. The number of fused-ring (bicyclic) bond motifs is 6. The van der Waals surface area contributed by atoms with Crippen LogP contribution in [0.25, 0.3) is 32.3 Å². The van der Waals surface area contributed by atoms with Crippen LogP contribution in [0.15, 0.2) is 78.9 Å². The van der Waals surface area contributed by atoms with Gasteiger partial charge in [-0.2, -0.15) is 0 Å². The molecule has 1 atom stereocenters. The Kier molecular flexibility index (Phi) is 4.03. The molecule has 6 rings (SSSR count). The first-order valence-electron chi connectivity index (χ1n) is 10.7. The van der Waals surface area contributed by atoms with Crippen molar-refractivity contribution >= 4 is 38.3 Å². The molecule has 1 heterocycles. The lowest BCUT2D eigenvalue weighted by Crippen LogP contribution is -2.16. The van der Waals surface area contributed by atoms with Crippen LogP contribution in [0.3, 0.4) is 0 Å². The molecule has 0 fully saturated rings. The summed E-state index contributed by atoms with van der Waals surface area (Å²) in [6.45, 7) is 0. The second kappa shape index (κ2) is 6.92. The number of aryl methyl sites for hydroxylation is 1. The summed E-state index contributed by atoms with van der Waals surface area (Å²) >= 11 is 0. The maximum Gasteiger partial charge on any atom is 0.355 e. The monoisotopic (exact) mass is 403 g/mol. The molecular weight excluding hydrogens is 382 g/mol. The molecule has 0 bridgehead atoms. The maximum absolute atomic E-state index is 11.9. The molecule has 4 aromatic carbocycles. The molecule has 1 aromatic heterocycles. The van der Waals surface area contributed by atoms with Gasteiger partial charge in [0.15, 0.2) is 5.69 Å². The molecule has 1 aliphatic rings. The molecule has 0 aliphatic heterocycles. The molecular formula is C28H21NO2. The van der Waals surface area contributed by atoms with Crippen molar-refractivity contribution in [2.75, 3.05) is 0 Å². The van der Waals surface area contributed by atoms with Crippen molar-refractivity contribution in [2.24, 2.45) is 0 Å². The Labute approximate surface area is 180 Å².